The van der Waals surface area contributed by atoms with Crippen molar-refractivity contribution in [1.82, 2.24) is 4.90 Å². The second kappa shape index (κ2) is 10.2. The number of phenols is 1. The van der Waals surface area contributed by atoms with E-state index >= 15 is 0 Å². The van der Waals surface area contributed by atoms with Crippen molar-refractivity contribution >= 4 is 38.8 Å². The molecule has 1 aliphatic heterocycles. The molecular weight excluding hydrogens is 489 g/mol. The Kier molecular flexibility index (Phi) is 6.90. The van der Waals surface area contributed by atoms with Crippen molar-refractivity contribution in [3.05, 3.63) is 82.2 Å². The van der Waals surface area contributed by atoms with Crippen molar-refractivity contribution in [2.24, 2.45) is 5.92 Å². The largest absolute Gasteiger partial charge is 0.508 e. The van der Waals surface area contributed by atoms with Crippen LogP contribution in [-0.2, 0) is 0 Å². The molecule has 8 heteroatoms. The molecule has 35 heavy (non-hydrogen) atoms. The second-order valence-electron chi connectivity index (χ2n) is 8.48. The number of rotatable bonds is 9. The van der Waals surface area contributed by atoms with Gasteiger partial charge in [0.2, 0.25) is 5.78 Å². The maximum Gasteiger partial charge on any atom is 0.206 e. The minimum absolute atomic E-state index is 0.121. The number of hydrogen-bond donors (Lipinski definition) is 1. The summed E-state index contributed by atoms with van der Waals surface area (Å²) in [7, 11) is 0. The van der Waals surface area contributed by atoms with E-state index in [2.05, 4.69) is 4.90 Å². The van der Waals surface area contributed by atoms with Crippen LogP contribution in [0.15, 0.2) is 66.7 Å². The number of ketones is 1. The minimum atomic E-state index is -0.258. The molecule has 1 aromatic heterocycles. The average Bonchev–Trinajstić information content (AvgIpc) is 3.18. The Balaban J connectivity index is 1.33. The molecule has 0 amide bonds. The Labute approximate surface area is 211 Å². The van der Waals surface area contributed by atoms with Gasteiger partial charge in [-0.2, -0.15) is 0 Å². The number of halogens is 2. The van der Waals surface area contributed by atoms with Crippen molar-refractivity contribution in [3.8, 4) is 23.0 Å². The molecule has 0 radical (unpaired) electrons. The standard InChI is InChI=1S/C27H23ClFNO4S/c28-19-3-1-18(2-4-19)25(32)27-26(23-10-5-20(31)13-24(23)35-27)34-22-8-6-21(7-9-22)33-12-11-30-15-17(14-29)16-30/h1-10,13,17,31H,11-12,14-16H2. The van der Waals surface area contributed by atoms with Crippen LogP contribution in [0.1, 0.15) is 15.2 Å². The fourth-order valence-electron chi connectivity index (χ4n) is 4.02. The maximum atomic E-state index is 13.3. The number of benzene rings is 3. The molecule has 180 valence electrons. The highest BCUT2D eigenvalue weighted by molar-refractivity contribution is 7.21. The van der Waals surface area contributed by atoms with Crippen LogP contribution < -0.4 is 9.47 Å². The summed E-state index contributed by atoms with van der Waals surface area (Å²) in [6.07, 6.45) is 0. The number of aromatic hydroxyl groups is 1. The number of phenolic OH excluding ortho intramolecular Hbond substituents is 1. The number of nitrogens with zero attached hydrogens (tertiary/aromatic N) is 1. The van der Waals surface area contributed by atoms with Gasteiger partial charge in [0.15, 0.2) is 5.75 Å². The summed E-state index contributed by atoms with van der Waals surface area (Å²) in [6.45, 7) is 2.61. The summed E-state index contributed by atoms with van der Waals surface area (Å²) in [5.74, 6) is 1.81. The lowest BCUT2D eigenvalue weighted by atomic mass is 10.0. The van der Waals surface area contributed by atoms with Crippen LogP contribution in [0.2, 0.25) is 5.02 Å². The molecule has 0 bridgehead atoms. The Bertz CT molecular complexity index is 1330. The third kappa shape index (κ3) is 5.27. The SMILES string of the molecule is O=C(c1ccc(Cl)cc1)c1sc2cc(O)ccc2c1Oc1ccc(OCCN2CC(CF)C2)cc1. The van der Waals surface area contributed by atoms with E-state index in [4.69, 9.17) is 21.1 Å². The molecule has 0 unspecified atom stereocenters. The lowest BCUT2D eigenvalue weighted by Crippen LogP contribution is -2.49. The number of alkyl halides is 1. The van der Waals surface area contributed by atoms with Gasteiger partial charge in [-0.05, 0) is 66.7 Å². The minimum Gasteiger partial charge on any atom is -0.508 e. The second-order valence-corrected chi connectivity index (χ2v) is 9.97. The first-order valence-electron chi connectivity index (χ1n) is 11.2. The van der Waals surface area contributed by atoms with Crippen molar-refractivity contribution < 1.29 is 23.8 Å². The summed E-state index contributed by atoms with van der Waals surface area (Å²) >= 11 is 7.25. The topological polar surface area (TPSA) is 59.0 Å². The van der Waals surface area contributed by atoms with Gasteiger partial charge in [-0.3, -0.25) is 14.1 Å². The van der Waals surface area contributed by atoms with E-state index in [1.165, 1.54) is 11.3 Å². The van der Waals surface area contributed by atoms with Crippen LogP contribution in [0.5, 0.6) is 23.0 Å². The number of carbonyl (C=O) groups is 1. The van der Waals surface area contributed by atoms with Crippen LogP contribution in [0.4, 0.5) is 4.39 Å². The molecule has 1 fully saturated rings. The van der Waals surface area contributed by atoms with Gasteiger partial charge in [-0.15, -0.1) is 11.3 Å². The van der Waals surface area contributed by atoms with Gasteiger partial charge in [-0.25, -0.2) is 0 Å². The van der Waals surface area contributed by atoms with E-state index in [1.54, 1.807) is 54.6 Å². The number of carbonyl (C=O) groups excluding carboxylic acids is 1. The highest BCUT2D eigenvalue weighted by atomic mass is 35.5. The predicted octanol–water partition coefficient (Wildman–Crippen LogP) is 6.56. The summed E-state index contributed by atoms with van der Waals surface area (Å²) < 4.78 is 25.3. The van der Waals surface area contributed by atoms with Crippen LogP contribution in [0.25, 0.3) is 10.1 Å². The molecule has 1 aliphatic rings. The lowest BCUT2D eigenvalue weighted by molar-refractivity contribution is 0.0668. The van der Waals surface area contributed by atoms with E-state index in [0.717, 1.165) is 29.7 Å². The highest BCUT2D eigenvalue weighted by Gasteiger charge is 2.26. The normalized spacial score (nSPS) is 14.1. The zero-order valence-electron chi connectivity index (χ0n) is 18.7. The molecule has 0 saturated carbocycles. The average molecular weight is 512 g/mol. The zero-order valence-corrected chi connectivity index (χ0v) is 20.3. The van der Waals surface area contributed by atoms with Crippen molar-refractivity contribution in [3.63, 3.8) is 0 Å². The van der Waals surface area contributed by atoms with Crippen molar-refractivity contribution in [2.75, 3.05) is 32.9 Å². The molecular formula is C27H23ClFNO4S. The van der Waals surface area contributed by atoms with Gasteiger partial charge in [0.25, 0.3) is 0 Å². The van der Waals surface area contributed by atoms with Crippen LogP contribution >= 0.6 is 22.9 Å². The molecule has 4 aromatic rings. The number of thiophene rings is 1. The summed E-state index contributed by atoms with van der Waals surface area (Å²) in [5.41, 5.74) is 0.499. The van der Waals surface area contributed by atoms with Gasteiger partial charge in [-0.1, -0.05) is 11.6 Å². The van der Waals surface area contributed by atoms with E-state index in [0.29, 0.717) is 39.3 Å². The van der Waals surface area contributed by atoms with Crippen molar-refractivity contribution in [2.45, 2.75) is 0 Å². The number of hydrogen-bond acceptors (Lipinski definition) is 6. The highest BCUT2D eigenvalue weighted by Crippen LogP contribution is 2.42. The van der Waals surface area contributed by atoms with Crippen LogP contribution in [0, 0.1) is 5.92 Å². The quantitative estimate of drug-likeness (QED) is 0.258. The monoisotopic (exact) mass is 511 g/mol. The van der Waals surface area contributed by atoms with E-state index in [-0.39, 0.29) is 24.1 Å². The molecule has 0 spiro atoms. The smallest absolute Gasteiger partial charge is 0.206 e. The van der Waals surface area contributed by atoms with Gasteiger partial charge >= 0.3 is 0 Å². The third-order valence-corrected chi connectivity index (χ3v) is 7.30. The van der Waals surface area contributed by atoms with E-state index in [9.17, 15) is 14.3 Å². The summed E-state index contributed by atoms with van der Waals surface area (Å²) in [5, 5.41) is 11.2. The van der Waals surface area contributed by atoms with Gasteiger partial charge in [0.05, 0.1) is 6.67 Å². The summed E-state index contributed by atoms with van der Waals surface area (Å²) in [6, 6.07) is 18.9. The Morgan fingerprint density at radius 3 is 2.49 bits per heavy atom. The fraction of sp³-hybridized carbons (Fsp3) is 0.222. The zero-order chi connectivity index (χ0) is 24.4. The van der Waals surface area contributed by atoms with Gasteiger partial charge < -0.3 is 14.6 Å². The molecule has 5 rings (SSSR count). The maximum absolute atomic E-state index is 13.3. The Morgan fingerprint density at radius 1 is 1.06 bits per heavy atom. The molecule has 1 N–H and O–H groups in total. The number of ether oxygens (including phenoxy) is 2. The van der Waals surface area contributed by atoms with Gasteiger partial charge in [0.1, 0.15) is 28.7 Å². The summed E-state index contributed by atoms with van der Waals surface area (Å²) in [4.78, 5) is 15.9. The molecule has 3 aromatic carbocycles. The molecule has 0 atom stereocenters. The van der Waals surface area contributed by atoms with Crippen LogP contribution in [0.3, 0.4) is 0 Å². The Morgan fingerprint density at radius 2 is 1.77 bits per heavy atom. The number of fused-ring (bicyclic) bond motifs is 1. The van der Waals surface area contributed by atoms with E-state index in [1.807, 2.05) is 12.1 Å². The first-order valence-corrected chi connectivity index (χ1v) is 12.4. The fourth-order valence-corrected chi connectivity index (χ4v) is 5.27. The van der Waals surface area contributed by atoms with Crippen molar-refractivity contribution in [1.29, 1.82) is 0 Å². The Hall–Kier alpha value is -3.13. The molecule has 0 aliphatic carbocycles. The van der Waals surface area contributed by atoms with E-state index < -0.39 is 0 Å². The number of likely N-dealkylation sites (tertiary alicyclic amines) is 1. The first kappa shape index (κ1) is 23.6. The predicted molar refractivity (Wildman–Crippen MR) is 136 cm³/mol. The van der Waals surface area contributed by atoms with Crippen LogP contribution in [-0.4, -0.2) is 48.7 Å². The lowest BCUT2D eigenvalue weighted by Gasteiger charge is -2.37. The first-order chi connectivity index (χ1) is 17.0. The molecule has 1 saturated heterocycles. The van der Waals surface area contributed by atoms with Gasteiger partial charge in [0, 0.05) is 46.2 Å². The molecule has 2 heterocycles. The third-order valence-electron chi connectivity index (χ3n) is 5.91. The molecule has 5 nitrogen and oxygen atoms in total.